The van der Waals surface area contributed by atoms with Crippen LogP contribution in [0, 0.1) is 0 Å². The van der Waals surface area contributed by atoms with Gasteiger partial charge in [0.05, 0.1) is 0 Å². The fourth-order valence-electron chi connectivity index (χ4n) is 0.351. The maximum Gasteiger partial charge on any atom is 0.344 e. The summed E-state index contributed by atoms with van der Waals surface area (Å²) in [6.45, 7) is 0. The average molecular weight is 128 g/mol. The highest BCUT2D eigenvalue weighted by molar-refractivity contribution is 5.75. The van der Waals surface area contributed by atoms with Gasteiger partial charge in [0.25, 0.3) is 0 Å². The summed E-state index contributed by atoms with van der Waals surface area (Å²) in [7, 11) is 0. The van der Waals surface area contributed by atoms with Crippen LogP contribution in [0.4, 0.5) is 10.7 Å². The Bertz CT molecular complexity index is 227. The lowest BCUT2D eigenvalue weighted by Crippen LogP contribution is -2.22. The molecule has 0 saturated heterocycles. The van der Waals surface area contributed by atoms with Gasteiger partial charge in [-0.2, -0.15) is 0 Å². The first kappa shape index (κ1) is 5.48. The van der Waals surface area contributed by atoms with E-state index < -0.39 is 6.03 Å². The number of carbonyl (C=O) groups is 1. The monoisotopic (exact) mass is 128 g/mol. The fraction of sp³-hybridized carbons (Fsp3) is 0. The number of anilines is 1. The van der Waals surface area contributed by atoms with Crippen molar-refractivity contribution < 1.29 is 4.79 Å². The molecule has 0 radical (unpaired) electrons. The van der Waals surface area contributed by atoms with Crippen molar-refractivity contribution >= 4 is 12.0 Å². The summed E-state index contributed by atoms with van der Waals surface area (Å²) in [5.74, 6) is -0.109. The molecule has 1 rings (SSSR count). The van der Waals surface area contributed by atoms with Crippen LogP contribution >= 0.6 is 0 Å². The molecule has 0 saturated carbocycles. The smallest absolute Gasteiger partial charge is 0.344 e. The topological polar surface area (TPSA) is 113 Å². The molecule has 48 valence electrons. The maximum atomic E-state index is 10.2. The lowest BCUT2D eigenvalue weighted by molar-refractivity contribution is 0.247. The van der Waals surface area contributed by atoms with Crippen molar-refractivity contribution in [3.8, 4) is 0 Å². The lowest BCUT2D eigenvalue weighted by atomic mass is 10.9. The molecule has 1 aromatic heterocycles. The molecule has 1 amide bonds. The zero-order valence-electron chi connectivity index (χ0n) is 4.35. The van der Waals surface area contributed by atoms with Crippen LogP contribution in [-0.4, -0.2) is 26.2 Å². The molecule has 0 atom stereocenters. The standard InChI is InChI=1S/C2H4N6O/c3-1-5-6-7-8(1)2(4)9/h(H2,4,9)(H2,3,5,7). The Morgan fingerprint density at radius 2 is 2.33 bits per heavy atom. The molecule has 0 aliphatic heterocycles. The van der Waals surface area contributed by atoms with Crippen LogP contribution < -0.4 is 11.5 Å². The predicted molar refractivity (Wildman–Crippen MR) is 27.2 cm³/mol. The van der Waals surface area contributed by atoms with Gasteiger partial charge in [-0.15, -0.1) is 4.68 Å². The molecule has 0 aliphatic rings. The number of nitrogen functional groups attached to an aromatic ring is 1. The molecule has 1 aromatic rings. The van der Waals surface area contributed by atoms with Gasteiger partial charge in [0.2, 0.25) is 5.95 Å². The Morgan fingerprint density at radius 3 is 2.56 bits per heavy atom. The molecule has 1 heterocycles. The number of hydrogen-bond donors (Lipinski definition) is 2. The Labute approximate surface area is 49.6 Å². The molecule has 4 N–H and O–H groups in total. The molecular weight excluding hydrogens is 124 g/mol. The van der Waals surface area contributed by atoms with Gasteiger partial charge >= 0.3 is 6.03 Å². The van der Waals surface area contributed by atoms with E-state index in [1.807, 2.05) is 0 Å². The van der Waals surface area contributed by atoms with Gasteiger partial charge in [-0.25, -0.2) is 4.79 Å². The number of nitrogens with zero attached hydrogens (tertiary/aromatic N) is 4. The zero-order valence-corrected chi connectivity index (χ0v) is 4.35. The van der Waals surface area contributed by atoms with E-state index in [0.717, 1.165) is 0 Å². The van der Waals surface area contributed by atoms with Gasteiger partial charge in [0.15, 0.2) is 0 Å². The van der Waals surface area contributed by atoms with E-state index in [1.165, 1.54) is 0 Å². The van der Waals surface area contributed by atoms with Crippen LogP contribution in [0.2, 0.25) is 0 Å². The van der Waals surface area contributed by atoms with Gasteiger partial charge in [-0.3, -0.25) is 0 Å². The minimum absolute atomic E-state index is 0.109. The number of hydrogen-bond acceptors (Lipinski definition) is 5. The van der Waals surface area contributed by atoms with E-state index in [2.05, 4.69) is 15.5 Å². The zero-order chi connectivity index (χ0) is 6.85. The first-order chi connectivity index (χ1) is 4.22. The molecule has 0 bridgehead atoms. The van der Waals surface area contributed by atoms with E-state index >= 15 is 0 Å². The largest absolute Gasteiger partial charge is 0.366 e. The van der Waals surface area contributed by atoms with Crippen LogP contribution in [0.1, 0.15) is 0 Å². The van der Waals surface area contributed by atoms with E-state index in [0.29, 0.717) is 4.68 Å². The third-order valence-electron chi connectivity index (χ3n) is 0.702. The Morgan fingerprint density at radius 1 is 1.67 bits per heavy atom. The Hall–Kier alpha value is -1.66. The maximum absolute atomic E-state index is 10.2. The van der Waals surface area contributed by atoms with Crippen molar-refractivity contribution in [1.82, 2.24) is 20.2 Å². The Kier molecular flexibility index (Phi) is 1.03. The van der Waals surface area contributed by atoms with Gasteiger partial charge in [0.1, 0.15) is 0 Å². The SMILES string of the molecule is NC(=O)n1nnnc1N. The third-order valence-corrected chi connectivity index (χ3v) is 0.702. The number of nitrogens with two attached hydrogens (primary N) is 2. The first-order valence-electron chi connectivity index (χ1n) is 2.05. The number of rotatable bonds is 0. The van der Waals surface area contributed by atoms with Crippen molar-refractivity contribution in [3.05, 3.63) is 0 Å². The molecule has 0 aromatic carbocycles. The summed E-state index contributed by atoms with van der Waals surface area (Å²) in [5, 5.41) is 9.47. The van der Waals surface area contributed by atoms with E-state index in [4.69, 9.17) is 11.5 Å². The van der Waals surface area contributed by atoms with Crippen molar-refractivity contribution in [3.63, 3.8) is 0 Å². The number of tetrazole rings is 1. The summed E-state index contributed by atoms with van der Waals surface area (Å²) >= 11 is 0. The summed E-state index contributed by atoms with van der Waals surface area (Å²) in [4.78, 5) is 10.2. The van der Waals surface area contributed by atoms with Crippen LogP contribution in [-0.2, 0) is 0 Å². The minimum Gasteiger partial charge on any atom is -0.366 e. The Balaban J connectivity index is 3.08. The minimum atomic E-state index is -0.794. The van der Waals surface area contributed by atoms with Crippen LogP contribution in [0.15, 0.2) is 0 Å². The fourth-order valence-corrected chi connectivity index (χ4v) is 0.351. The number of carbonyl (C=O) groups excluding carboxylic acids is 1. The molecule has 0 aliphatic carbocycles. The van der Waals surface area contributed by atoms with Crippen molar-refractivity contribution in [1.29, 1.82) is 0 Å². The van der Waals surface area contributed by atoms with Crippen LogP contribution in [0.5, 0.6) is 0 Å². The molecule has 0 unspecified atom stereocenters. The summed E-state index contributed by atoms with van der Waals surface area (Å²) in [5.41, 5.74) is 9.83. The molecule has 0 fully saturated rings. The molecule has 7 nitrogen and oxygen atoms in total. The van der Waals surface area contributed by atoms with E-state index in [-0.39, 0.29) is 5.95 Å². The van der Waals surface area contributed by atoms with E-state index in [1.54, 1.807) is 0 Å². The first-order valence-corrected chi connectivity index (χ1v) is 2.05. The summed E-state index contributed by atoms with van der Waals surface area (Å²) in [6, 6.07) is -0.794. The molecule has 9 heavy (non-hydrogen) atoms. The summed E-state index contributed by atoms with van der Waals surface area (Å²) < 4.78 is 0.694. The van der Waals surface area contributed by atoms with Crippen LogP contribution in [0.3, 0.4) is 0 Å². The second kappa shape index (κ2) is 1.69. The predicted octanol–water partition coefficient (Wildman–Crippen LogP) is -1.82. The van der Waals surface area contributed by atoms with Crippen molar-refractivity contribution in [2.24, 2.45) is 5.73 Å². The second-order valence-corrected chi connectivity index (χ2v) is 1.29. The average Bonchev–Trinajstić information content (AvgIpc) is 2.13. The van der Waals surface area contributed by atoms with E-state index in [9.17, 15) is 4.79 Å². The van der Waals surface area contributed by atoms with Gasteiger partial charge in [-0.1, -0.05) is 5.10 Å². The van der Waals surface area contributed by atoms with Gasteiger partial charge in [0, 0.05) is 0 Å². The normalized spacial score (nSPS) is 9.33. The molecular formula is C2H4N6O. The number of primary amides is 1. The van der Waals surface area contributed by atoms with Crippen molar-refractivity contribution in [2.75, 3.05) is 5.73 Å². The second-order valence-electron chi connectivity index (χ2n) is 1.29. The van der Waals surface area contributed by atoms with Gasteiger partial charge < -0.3 is 11.5 Å². The highest BCUT2D eigenvalue weighted by Gasteiger charge is 2.03. The highest BCUT2D eigenvalue weighted by Crippen LogP contribution is 1.86. The lowest BCUT2D eigenvalue weighted by Gasteiger charge is -1.88. The quantitative estimate of drug-likeness (QED) is 0.399. The summed E-state index contributed by atoms with van der Waals surface area (Å²) in [6.07, 6.45) is 0. The number of aromatic nitrogens is 4. The molecule has 7 heteroatoms. The van der Waals surface area contributed by atoms with Crippen molar-refractivity contribution in [2.45, 2.75) is 0 Å². The third kappa shape index (κ3) is 0.784. The number of amides is 1. The highest BCUT2D eigenvalue weighted by atomic mass is 16.2. The van der Waals surface area contributed by atoms with Gasteiger partial charge in [-0.05, 0) is 10.4 Å². The van der Waals surface area contributed by atoms with Crippen LogP contribution in [0.25, 0.3) is 0 Å². The molecule has 0 spiro atoms.